The molecule has 1 aromatic carbocycles. The molecule has 0 aromatic heterocycles. The van der Waals surface area contributed by atoms with Crippen molar-refractivity contribution in [3.63, 3.8) is 0 Å². The van der Waals surface area contributed by atoms with Crippen molar-refractivity contribution >= 4 is 22.0 Å². The molecule has 1 saturated heterocycles. The maximum absolute atomic E-state index is 12.5. The second-order valence-electron chi connectivity index (χ2n) is 7.87. The van der Waals surface area contributed by atoms with Crippen LogP contribution in [0.1, 0.15) is 39.2 Å². The zero-order valence-corrected chi connectivity index (χ0v) is 18.0. The maximum atomic E-state index is 12.5. The Hall–Kier alpha value is -1.70. The molecule has 1 heterocycles. The number of carbonyl (C=O) groups is 1. The highest BCUT2D eigenvalue weighted by Crippen LogP contribution is 2.12. The summed E-state index contributed by atoms with van der Waals surface area (Å²) in [6.45, 7) is 8.63. The number of amides is 1. The average molecular weight is 408 g/mol. The zero-order valence-electron chi connectivity index (χ0n) is 17.2. The largest absolute Gasteiger partial charge is 0.353 e. The van der Waals surface area contributed by atoms with Gasteiger partial charge in [0.05, 0.1) is 6.54 Å². The molecule has 1 N–H and O–H groups in total. The minimum Gasteiger partial charge on any atom is -0.353 e. The Balaban J connectivity index is 1.77. The molecule has 1 atom stereocenters. The summed E-state index contributed by atoms with van der Waals surface area (Å²) in [5.74, 6) is 0.641. The summed E-state index contributed by atoms with van der Waals surface area (Å²) in [5.41, 5.74) is 0.855. The Labute approximate surface area is 169 Å². The number of nitrogens with zero attached hydrogens (tertiary/aromatic N) is 2. The molecule has 0 unspecified atom stereocenters. The second kappa shape index (κ2) is 10.7. The molecule has 1 fully saturated rings. The van der Waals surface area contributed by atoms with Gasteiger partial charge in [-0.1, -0.05) is 44.2 Å². The average Bonchev–Trinajstić information content (AvgIpc) is 2.66. The lowest BCUT2D eigenvalue weighted by Gasteiger charge is -2.33. The van der Waals surface area contributed by atoms with Crippen LogP contribution in [0.4, 0.5) is 0 Å². The van der Waals surface area contributed by atoms with Gasteiger partial charge in [-0.15, -0.1) is 0 Å². The molecule has 0 radical (unpaired) electrons. The predicted octanol–water partition coefficient (Wildman–Crippen LogP) is 2.55. The molecule has 1 amide bonds. The number of nitrogens with one attached hydrogen (secondary N) is 1. The number of sulfonamides is 1. The van der Waals surface area contributed by atoms with E-state index in [0.29, 0.717) is 38.6 Å². The van der Waals surface area contributed by atoms with E-state index in [1.165, 1.54) is 9.71 Å². The van der Waals surface area contributed by atoms with Crippen LogP contribution in [0.3, 0.4) is 0 Å². The summed E-state index contributed by atoms with van der Waals surface area (Å²) in [7, 11) is -3.44. The maximum Gasteiger partial charge on any atom is 0.236 e. The molecule has 0 aliphatic carbocycles. The molecule has 1 aliphatic heterocycles. The summed E-state index contributed by atoms with van der Waals surface area (Å²) in [6, 6.07) is 9.54. The van der Waals surface area contributed by atoms with Crippen LogP contribution in [-0.2, 0) is 14.8 Å². The Bertz CT molecular complexity index is 739. The molecular formula is C21H33N3O3S. The highest BCUT2D eigenvalue weighted by molar-refractivity contribution is 7.92. The summed E-state index contributed by atoms with van der Waals surface area (Å²) in [4.78, 5) is 14.2. The molecule has 0 spiro atoms. The van der Waals surface area contributed by atoms with Crippen LogP contribution in [0.25, 0.3) is 6.08 Å². The van der Waals surface area contributed by atoms with Crippen molar-refractivity contribution in [1.29, 1.82) is 0 Å². The first-order chi connectivity index (χ1) is 13.3. The van der Waals surface area contributed by atoms with E-state index in [9.17, 15) is 13.2 Å². The third kappa shape index (κ3) is 7.73. The van der Waals surface area contributed by atoms with Crippen molar-refractivity contribution < 1.29 is 13.2 Å². The van der Waals surface area contributed by atoms with Crippen LogP contribution in [0.5, 0.6) is 0 Å². The number of piperazine rings is 1. The normalized spacial score (nSPS) is 17.9. The van der Waals surface area contributed by atoms with Gasteiger partial charge in [0.2, 0.25) is 15.9 Å². The van der Waals surface area contributed by atoms with Crippen LogP contribution < -0.4 is 5.32 Å². The Morgan fingerprint density at radius 2 is 1.71 bits per heavy atom. The van der Waals surface area contributed by atoms with Gasteiger partial charge in [0.15, 0.2) is 0 Å². The molecule has 1 aliphatic rings. The van der Waals surface area contributed by atoms with Gasteiger partial charge < -0.3 is 5.32 Å². The minimum absolute atomic E-state index is 0.0107. The van der Waals surface area contributed by atoms with E-state index in [2.05, 4.69) is 19.2 Å². The minimum atomic E-state index is -3.44. The lowest BCUT2D eigenvalue weighted by molar-refractivity contribution is -0.123. The van der Waals surface area contributed by atoms with Crippen LogP contribution in [0, 0.1) is 5.92 Å². The van der Waals surface area contributed by atoms with Gasteiger partial charge in [0.25, 0.3) is 0 Å². The number of hydrogen-bond acceptors (Lipinski definition) is 4. The van der Waals surface area contributed by atoms with Crippen LogP contribution >= 0.6 is 0 Å². The van der Waals surface area contributed by atoms with Crippen molar-refractivity contribution in [3.05, 3.63) is 41.3 Å². The molecule has 156 valence electrons. The van der Waals surface area contributed by atoms with Gasteiger partial charge >= 0.3 is 0 Å². The molecule has 7 heteroatoms. The van der Waals surface area contributed by atoms with Crippen molar-refractivity contribution in [2.24, 2.45) is 5.92 Å². The van der Waals surface area contributed by atoms with E-state index >= 15 is 0 Å². The Morgan fingerprint density at radius 3 is 2.32 bits per heavy atom. The smallest absolute Gasteiger partial charge is 0.236 e. The van der Waals surface area contributed by atoms with Crippen LogP contribution in [-0.4, -0.2) is 62.3 Å². The fourth-order valence-corrected chi connectivity index (χ4v) is 4.31. The third-order valence-corrected chi connectivity index (χ3v) is 6.44. The number of carbonyl (C=O) groups excluding carboxylic acids is 1. The highest BCUT2D eigenvalue weighted by Gasteiger charge is 2.26. The Morgan fingerprint density at radius 1 is 1.07 bits per heavy atom. The predicted molar refractivity (Wildman–Crippen MR) is 114 cm³/mol. The molecule has 2 rings (SSSR count). The summed E-state index contributed by atoms with van der Waals surface area (Å²) in [5, 5.41) is 4.30. The first-order valence-corrected chi connectivity index (χ1v) is 11.5. The quantitative estimate of drug-likeness (QED) is 0.683. The van der Waals surface area contributed by atoms with Crippen LogP contribution in [0.15, 0.2) is 35.7 Å². The lowest BCUT2D eigenvalue weighted by atomic mass is 10.0. The van der Waals surface area contributed by atoms with Crippen molar-refractivity contribution in [2.75, 3.05) is 32.7 Å². The van der Waals surface area contributed by atoms with Crippen molar-refractivity contribution in [2.45, 2.75) is 39.7 Å². The summed E-state index contributed by atoms with van der Waals surface area (Å²) in [6.07, 6.45) is 3.69. The molecular weight excluding hydrogens is 374 g/mol. The first kappa shape index (κ1) is 22.6. The molecule has 0 bridgehead atoms. The SMILES string of the molecule is CC(C)CC[C@H](C)NC(=O)CN1CCN(S(=O)(=O)/C=C/c2ccccc2)CC1. The van der Waals surface area contributed by atoms with E-state index in [1.54, 1.807) is 6.08 Å². The van der Waals surface area contributed by atoms with Gasteiger partial charge in [0, 0.05) is 37.6 Å². The van der Waals surface area contributed by atoms with Crippen LogP contribution in [0.2, 0.25) is 0 Å². The van der Waals surface area contributed by atoms with E-state index in [-0.39, 0.29) is 11.9 Å². The highest BCUT2D eigenvalue weighted by atomic mass is 32.2. The van der Waals surface area contributed by atoms with Crippen molar-refractivity contribution in [1.82, 2.24) is 14.5 Å². The van der Waals surface area contributed by atoms with E-state index < -0.39 is 10.0 Å². The molecule has 28 heavy (non-hydrogen) atoms. The van der Waals surface area contributed by atoms with Gasteiger partial charge in [-0.2, -0.15) is 4.31 Å². The van der Waals surface area contributed by atoms with E-state index in [0.717, 1.165) is 18.4 Å². The fraction of sp³-hybridized carbons (Fsp3) is 0.571. The topological polar surface area (TPSA) is 69.7 Å². The van der Waals surface area contributed by atoms with E-state index in [1.807, 2.05) is 42.2 Å². The van der Waals surface area contributed by atoms with Gasteiger partial charge in [-0.3, -0.25) is 9.69 Å². The van der Waals surface area contributed by atoms with Crippen molar-refractivity contribution in [3.8, 4) is 0 Å². The zero-order chi connectivity index (χ0) is 20.6. The Kier molecular flexibility index (Phi) is 8.66. The van der Waals surface area contributed by atoms with Gasteiger partial charge in [0.1, 0.15) is 0 Å². The second-order valence-corrected chi connectivity index (χ2v) is 9.69. The number of hydrogen-bond donors (Lipinski definition) is 1. The number of benzene rings is 1. The summed E-state index contributed by atoms with van der Waals surface area (Å²) >= 11 is 0. The summed E-state index contributed by atoms with van der Waals surface area (Å²) < 4.78 is 26.5. The molecule has 1 aromatic rings. The lowest BCUT2D eigenvalue weighted by Crippen LogP contribution is -2.51. The molecule has 0 saturated carbocycles. The third-order valence-electron chi connectivity index (χ3n) is 4.87. The number of rotatable bonds is 9. The van der Waals surface area contributed by atoms with Gasteiger partial charge in [-0.05, 0) is 37.3 Å². The molecule has 6 nitrogen and oxygen atoms in total. The standard InChI is InChI=1S/C21H33N3O3S/c1-18(2)9-10-19(3)22-21(25)17-23-12-14-24(15-13-23)28(26,27)16-11-20-7-5-4-6-8-20/h4-8,11,16,18-19H,9-10,12-15,17H2,1-3H3,(H,22,25)/b16-11+/t19-/m0/s1. The first-order valence-electron chi connectivity index (χ1n) is 10.0. The monoisotopic (exact) mass is 407 g/mol. The fourth-order valence-electron chi connectivity index (χ4n) is 3.14. The van der Waals surface area contributed by atoms with E-state index in [4.69, 9.17) is 0 Å². The van der Waals surface area contributed by atoms with Gasteiger partial charge in [-0.25, -0.2) is 8.42 Å².